The van der Waals surface area contributed by atoms with Crippen molar-refractivity contribution in [2.45, 2.75) is 26.8 Å². The van der Waals surface area contributed by atoms with Crippen LogP contribution in [0.25, 0.3) is 0 Å². The Morgan fingerprint density at radius 1 is 1.33 bits per heavy atom. The highest BCUT2D eigenvalue weighted by molar-refractivity contribution is 5.78. The second-order valence-electron chi connectivity index (χ2n) is 5.94. The molecule has 2 rings (SSSR count). The van der Waals surface area contributed by atoms with E-state index in [-0.39, 0.29) is 18.6 Å². The predicted molar refractivity (Wildman–Crippen MR) is 81.0 cm³/mol. The van der Waals surface area contributed by atoms with E-state index in [4.69, 9.17) is 15.2 Å². The fourth-order valence-corrected chi connectivity index (χ4v) is 2.57. The number of ether oxygens (including phenoxy) is 2. The molecule has 0 aliphatic carbocycles. The molecule has 1 amide bonds. The van der Waals surface area contributed by atoms with E-state index in [2.05, 4.69) is 13.8 Å². The standard InChI is InChI=1S/C16H24N2O3/c1-11(2)6-13(8-17)16(19)18(3)9-12-4-5-14-15(7-12)21-10-20-14/h4-5,7,11,13H,6,8-10,17H2,1-3H3. The summed E-state index contributed by atoms with van der Waals surface area (Å²) >= 11 is 0. The molecule has 1 aliphatic rings. The summed E-state index contributed by atoms with van der Waals surface area (Å²) in [7, 11) is 1.82. The van der Waals surface area contributed by atoms with Crippen molar-refractivity contribution in [3.63, 3.8) is 0 Å². The largest absolute Gasteiger partial charge is 0.454 e. The van der Waals surface area contributed by atoms with Gasteiger partial charge in [-0.2, -0.15) is 0 Å². The van der Waals surface area contributed by atoms with Crippen LogP contribution in [0.2, 0.25) is 0 Å². The number of fused-ring (bicyclic) bond motifs is 1. The first kappa shape index (κ1) is 15.6. The molecule has 0 radical (unpaired) electrons. The Bertz CT molecular complexity index is 502. The molecule has 1 atom stereocenters. The van der Waals surface area contributed by atoms with E-state index in [0.717, 1.165) is 23.5 Å². The van der Waals surface area contributed by atoms with Gasteiger partial charge in [0.05, 0.1) is 5.92 Å². The zero-order valence-corrected chi connectivity index (χ0v) is 13.0. The molecule has 2 N–H and O–H groups in total. The number of hydrogen-bond acceptors (Lipinski definition) is 4. The summed E-state index contributed by atoms with van der Waals surface area (Å²) in [6, 6.07) is 5.76. The van der Waals surface area contributed by atoms with Gasteiger partial charge in [-0.1, -0.05) is 19.9 Å². The minimum atomic E-state index is -0.107. The molecule has 0 bridgehead atoms. The summed E-state index contributed by atoms with van der Waals surface area (Å²) in [6.45, 7) is 5.41. The number of nitrogens with two attached hydrogens (primary N) is 1. The summed E-state index contributed by atoms with van der Waals surface area (Å²) in [6.07, 6.45) is 0.820. The highest BCUT2D eigenvalue weighted by Gasteiger charge is 2.22. The van der Waals surface area contributed by atoms with Crippen molar-refractivity contribution in [1.82, 2.24) is 4.90 Å². The normalized spacial score (nSPS) is 14.3. The van der Waals surface area contributed by atoms with Crippen molar-refractivity contribution >= 4 is 5.91 Å². The first-order valence-corrected chi connectivity index (χ1v) is 7.34. The van der Waals surface area contributed by atoms with Gasteiger partial charge in [-0.15, -0.1) is 0 Å². The summed E-state index contributed by atoms with van der Waals surface area (Å²) in [4.78, 5) is 14.2. The predicted octanol–water partition coefficient (Wildman–Crippen LogP) is 1.99. The molecule has 1 heterocycles. The van der Waals surface area contributed by atoms with E-state index in [1.807, 2.05) is 25.2 Å². The maximum atomic E-state index is 12.4. The number of nitrogens with zero attached hydrogens (tertiary/aromatic N) is 1. The lowest BCUT2D eigenvalue weighted by atomic mass is 9.96. The van der Waals surface area contributed by atoms with Gasteiger partial charge < -0.3 is 20.1 Å². The lowest BCUT2D eigenvalue weighted by Crippen LogP contribution is -2.36. The topological polar surface area (TPSA) is 64.8 Å². The van der Waals surface area contributed by atoms with Crippen LogP contribution in [0.15, 0.2) is 18.2 Å². The van der Waals surface area contributed by atoms with Gasteiger partial charge in [0.2, 0.25) is 12.7 Å². The SMILES string of the molecule is CC(C)CC(CN)C(=O)N(C)Cc1ccc2c(c1)OCO2. The van der Waals surface area contributed by atoms with Crippen molar-refractivity contribution in [2.75, 3.05) is 20.4 Å². The second-order valence-corrected chi connectivity index (χ2v) is 5.94. The lowest BCUT2D eigenvalue weighted by Gasteiger charge is -2.24. The summed E-state index contributed by atoms with van der Waals surface area (Å²) < 4.78 is 10.6. The molecule has 5 heteroatoms. The van der Waals surface area contributed by atoms with Crippen molar-refractivity contribution in [2.24, 2.45) is 17.6 Å². The number of carbonyl (C=O) groups excluding carboxylic acids is 1. The molecule has 1 aromatic rings. The molecular formula is C16H24N2O3. The van der Waals surface area contributed by atoms with Crippen LogP contribution in [0.5, 0.6) is 11.5 Å². The maximum absolute atomic E-state index is 12.4. The fraction of sp³-hybridized carbons (Fsp3) is 0.562. The van der Waals surface area contributed by atoms with Gasteiger partial charge in [0.1, 0.15) is 0 Å². The van der Waals surface area contributed by atoms with Crippen LogP contribution in [0.3, 0.4) is 0 Å². The van der Waals surface area contributed by atoms with Gasteiger partial charge in [0.15, 0.2) is 11.5 Å². The van der Waals surface area contributed by atoms with Crippen molar-refractivity contribution in [3.05, 3.63) is 23.8 Å². The molecule has 21 heavy (non-hydrogen) atoms. The third-order valence-corrected chi connectivity index (χ3v) is 3.62. The monoisotopic (exact) mass is 292 g/mol. The van der Waals surface area contributed by atoms with Gasteiger partial charge >= 0.3 is 0 Å². The molecule has 116 valence electrons. The summed E-state index contributed by atoms with van der Waals surface area (Å²) in [5, 5.41) is 0. The van der Waals surface area contributed by atoms with E-state index >= 15 is 0 Å². The molecule has 0 saturated carbocycles. The van der Waals surface area contributed by atoms with Crippen LogP contribution in [-0.2, 0) is 11.3 Å². The van der Waals surface area contributed by atoms with Crippen LogP contribution in [0.4, 0.5) is 0 Å². The third-order valence-electron chi connectivity index (χ3n) is 3.62. The molecule has 0 saturated heterocycles. The molecule has 1 unspecified atom stereocenters. The van der Waals surface area contributed by atoms with Crippen molar-refractivity contribution in [3.8, 4) is 11.5 Å². The Kier molecular flexibility index (Phi) is 5.07. The van der Waals surface area contributed by atoms with Gasteiger partial charge in [-0.05, 0) is 30.0 Å². The zero-order valence-electron chi connectivity index (χ0n) is 13.0. The zero-order chi connectivity index (χ0) is 15.4. The number of rotatable bonds is 6. The Hall–Kier alpha value is -1.75. The molecule has 1 aromatic carbocycles. The van der Waals surface area contributed by atoms with Gasteiger partial charge in [0.25, 0.3) is 0 Å². The van der Waals surface area contributed by atoms with Crippen LogP contribution in [0, 0.1) is 11.8 Å². The smallest absolute Gasteiger partial charge is 0.231 e. The Labute approximate surface area is 126 Å². The average molecular weight is 292 g/mol. The Morgan fingerprint density at radius 2 is 2.05 bits per heavy atom. The molecule has 5 nitrogen and oxygen atoms in total. The van der Waals surface area contributed by atoms with E-state index in [1.54, 1.807) is 4.90 Å². The van der Waals surface area contributed by atoms with Crippen molar-refractivity contribution < 1.29 is 14.3 Å². The third kappa shape index (κ3) is 3.88. The Balaban J connectivity index is 1.99. The molecule has 1 aliphatic heterocycles. The average Bonchev–Trinajstić information content (AvgIpc) is 2.91. The minimum Gasteiger partial charge on any atom is -0.454 e. The van der Waals surface area contributed by atoms with Gasteiger partial charge in [0, 0.05) is 20.1 Å². The lowest BCUT2D eigenvalue weighted by molar-refractivity contribution is -0.134. The first-order valence-electron chi connectivity index (χ1n) is 7.34. The van der Waals surface area contributed by atoms with E-state index in [1.165, 1.54) is 0 Å². The summed E-state index contributed by atoms with van der Waals surface area (Å²) in [5.41, 5.74) is 6.77. The molecule has 0 aromatic heterocycles. The van der Waals surface area contributed by atoms with Crippen LogP contribution in [-0.4, -0.2) is 31.2 Å². The van der Waals surface area contributed by atoms with E-state index < -0.39 is 0 Å². The number of hydrogen-bond donors (Lipinski definition) is 1. The molecular weight excluding hydrogens is 268 g/mol. The van der Waals surface area contributed by atoms with E-state index in [0.29, 0.717) is 19.0 Å². The van der Waals surface area contributed by atoms with Crippen LogP contribution < -0.4 is 15.2 Å². The number of carbonyl (C=O) groups is 1. The highest BCUT2D eigenvalue weighted by atomic mass is 16.7. The fourth-order valence-electron chi connectivity index (χ4n) is 2.57. The number of benzene rings is 1. The van der Waals surface area contributed by atoms with Crippen molar-refractivity contribution in [1.29, 1.82) is 0 Å². The first-order chi connectivity index (χ1) is 10.0. The molecule has 0 spiro atoms. The molecule has 0 fully saturated rings. The minimum absolute atomic E-state index is 0.101. The van der Waals surface area contributed by atoms with Gasteiger partial charge in [-0.3, -0.25) is 4.79 Å². The van der Waals surface area contributed by atoms with Gasteiger partial charge in [-0.25, -0.2) is 0 Å². The highest BCUT2D eigenvalue weighted by Crippen LogP contribution is 2.32. The summed E-state index contributed by atoms with van der Waals surface area (Å²) in [5.74, 6) is 1.95. The quantitative estimate of drug-likeness (QED) is 0.871. The maximum Gasteiger partial charge on any atom is 0.231 e. The number of amides is 1. The van der Waals surface area contributed by atoms with E-state index in [9.17, 15) is 4.79 Å². The van der Waals surface area contributed by atoms with Crippen LogP contribution >= 0.6 is 0 Å². The van der Waals surface area contributed by atoms with Crippen LogP contribution in [0.1, 0.15) is 25.8 Å². The second kappa shape index (κ2) is 6.80. The Morgan fingerprint density at radius 3 is 2.71 bits per heavy atom.